The molecule has 0 spiro atoms. The SMILES string of the molecule is COC(=O)C1=C(CN2CCN(c3cccc(C)c3)CC2)NC(=O)NC1c1ccc(F)cc1. The Balaban J connectivity index is 1.54. The van der Waals surface area contributed by atoms with Crippen LogP contribution >= 0.6 is 0 Å². The van der Waals surface area contributed by atoms with E-state index in [1.807, 2.05) is 0 Å². The summed E-state index contributed by atoms with van der Waals surface area (Å²) in [5.74, 6) is -0.912. The van der Waals surface area contributed by atoms with Gasteiger partial charge in [-0.3, -0.25) is 4.90 Å². The van der Waals surface area contributed by atoms with Crippen LogP contribution in [0.25, 0.3) is 0 Å². The van der Waals surface area contributed by atoms with E-state index in [2.05, 4.69) is 51.6 Å². The van der Waals surface area contributed by atoms with Crippen LogP contribution in [0.5, 0.6) is 0 Å². The molecule has 1 fully saturated rings. The van der Waals surface area contributed by atoms with Gasteiger partial charge in [0.2, 0.25) is 0 Å². The Morgan fingerprint density at radius 1 is 1.12 bits per heavy atom. The van der Waals surface area contributed by atoms with Crippen molar-refractivity contribution in [3.8, 4) is 0 Å². The lowest BCUT2D eigenvalue weighted by molar-refractivity contribution is -0.136. The maximum Gasteiger partial charge on any atom is 0.338 e. The molecule has 2 N–H and O–H groups in total. The molecule has 2 aliphatic rings. The zero-order valence-electron chi connectivity index (χ0n) is 18.2. The number of rotatable bonds is 5. The minimum Gasteiger partial charge on any atom is -0.466 e. The zero-order chi connectivity index (χ0) is 22.7. The Hall–Kier alpha value is -3.39. The smallest absolute Gasteiger partial charge is 0.338 e. The van der Waals surface area contributed by atoms with Crippen LogP contribution in [0.4, 0.5) is 14.9 Å². The number of ether oxygens (including phenoxy) is 1. The number of carbonyl (C=O) groups excluding carboxylic acids is 2. The van der Waals surface area contributed by atoms with Gasteiger partial charge in [0.15, 0.2) is 0 Å². The summed E-state index contributed by atoms with van der Waals surface area (Å²) < 4.78 is 18.4. The third-order valence-corrected chi connectivity index (χ3v) is 5.88. The topological polar surface area (TPSA) is 73.9 Å². The van der Waals surface area contributed by atoms with Crippen LogP contribution in [0.2, 0.25) is 0 Å². The Labute approximate surface area is 186 Å². The molecule has 1 atom stereocenters. The molecule has 1 saturated heterocycles. The van der Waals surface area contributed by atoms with E-state index in [1.54, 1.807) is 12.1 Å². The number of nitrogens with zero attached hydrogens (tertiary/aromatic N) is 2. The van der Waals surface area contributed by atoms with Crippen molar-refractivity contribution in [1.82, 2.24) is 15.5 Å². The number of piperazine rings is 1. The molecule has 168 valence electrons. The minimum absolute atomic E-state index is 0.333. The van der Waals surface area contributed by atoms with E-state index < -0.39 is 18.0 Å². The van der Waals surface area contributed by atoms with Crippen molar-refractivity contribution in [2.45, 2.75) is 13.0 Å². The Kier molecular flexibility index (Phi) is 6.41. The Bertz CT molecular complexity index is 1030. The van der Waals surface area contributed by atoms with E-state index in [0.717, 1.165) is 26.2 Å². The van der Waals surface area contributed by atoms with Crippen molar-refractivity contribution in [2.24, 2.45) is 0 Å². The summed E-state index contributed by atoms with van der Waals surface area (Å²) in [6, 6.07) is 13.1. The van der Waals surface area contributed by atoms with E-state index in [-0.39, 0.29) is 5.82 Å². The molecule has 2 heterocycles. The Morgan fingerprint density at radius 2 is 1.84 bits per heavy atom. The highest BCUT2D eigenvalue weighted by atomic mass is 19.1. The molecule has 0 saturated carbocycles. The van der Waals surface area contributed by atoms with Crippen LogP contribution in [-0.2, 0) is 9.53 Å². The molecule has 0 radical (unpaired) electrons. The molecule has 8 heteroatoms. The number of amides is 2. The van der Waals surface area contributed by atoms with Crippen molar-refractivity contribution in [1.29, 1.82) is 0 Å². The number of benzene rings is 2. The third kappa shape index (κ3) is 4.75. The van der Waals surface area contributed by atoms with Crippen molar-refractivity contribution >= 4 is 17.7 Å². The first-order chi connectivity index (χ1) is 15.4. The number of methoxy groups -OCH3 is 1. The summed E-state index contributed by atoms with van der Waals surface area (Å²) in [6.45, 7) is 5.76. The number of carbonyl (C=O) groups is 2. The van der Waals surface area contributed by atoms with E-state index in [9.17, 15) is 14.0 Å². The van der Waals surface area contributed by atoms with Crippen LogP contribution in [0.1, 0.15) is 17.2 Å². The monoisotopic (exact) mass is 438 g/mol. The van der Waals surface area contributed by atoms with Gasteiger partial charge < -0.3 is 20.3 Å². The average molecular weight is 439 g/mol. The summed E-state index contributed by atoms with van der Waals surface area (Å²) in [5.41, 5.74) is 3.88. The largest absolute Gasteiger partial charge is 0.466 e. The van der Waals surface area contributed by atoms with Crippen molar-refractivity contribution in [3.63, 3.8) is 0 Å². The predicted molar refractivity (Wildman–Crippen MR) is 120 cm³/mol. The maximum atomic E-state index is 13.4. The lowest BCUT2D eigenvalue weighted by Crippen LogP contribution is -2.51. The first kappa shape index (κ1) is 21.8. The molecule has 4 rings (SSSR count). The number of nitrogens with one attached hydrogen (secondary N) is 2. The molecule has 32 heavy (non-hydrogen) atoms. The fraction of sp³-hybridized carbons (Fsp3) is 0.333. The molecule has 7 nitrogen and oxygen atoms in total. The molecule has 0 bridgehead atoms. The molecule has 1 unspecified atom stereocenters. The fourth-order valence-electron chi connectivity index (χ4n) is 4.21. The standard InChI is InChI=1S/C24H27FN4O3/c1-16-4-3-5-19(14-16)29-12-10-28(11-13-29)15-20-21(23(30)32-2)22(27-24(31)26-20)17-6-8-18(25)9-7-17/h3-9,14,22H,10-13,15H2,1-2H3,(H2,26,27,31). The highest BCUT2D eigenvalue weighted by Crippen LogP contribution is 2.28. The first-order valence-corrected chi connectivity index (χ1v) is 10.6. The lowest BCUT2D eigenvalue weighted by Gasteiger charge is -2.38. The molecular formula is C24H27FN4O3. The molecule has 2 aromatic rings. The highest BCUT2D eigenvalue weighted by Gasteiger charge is 2.34. The summed E-state index contributed by atoms with van der Waals surface area (Å²) in [7, 11) is 1.31. The van der Waals surface area contributed by atoms with Crippen LogP contribution in [-0.4, -0.2) is 56.7 Å². The second kappa shape index (κ2) is 9.40. The van der Waals surface area contributed by atoms with Crippen LogP contribution < -0.4 is 15.5 Å². The molecule has 0 aromatic heterocycles. The summed E-state index contributed by atoms with van der Waals surface area (Å²) >= 11 is 0. The second-order valence-electron chi connectivity index (χ2n) is 8.07. The number of hydrogen-bond donors (Lipinski definition) is 2. The predicted octanol–water partition coefficient (Wildman–Crippen LogP) is 2.74. The number of hydrogen-bond acceptors (Lipinski definition) is 5. The number of esters is 1. The Morgan fingerprint density at radius 3 is 2.50 bits per heavy atom. The van der Waals surface area contributed by atoms with E-state index in [4.69, 9.17) is 4.74 Å². The lowest BCUT2D eigenvalue weighted by atomic mass is 9.95. The van der Waals surface area contributed by atoms with Crippen molar-refractivity contribution in [2.75, 3.05) is 44.7 Å². The quantitative estimate of drug-likeness (QED) is 0.703. The molecule has 2 aromatic carbocycles. The van der Waals surface area contributed by atoms with Gasteiger partial charge in [-0.25, -0.2) is 14.0 Å². The summed E-state index contributed by atoms with van der Waals surface area (Å²) in [5, 5.41) is 5.55. The number of urea groups is 1. The van der Waals surface area contributed by atoms with Gasteiger partial charge in [0.05, 0.1) is 18.7 Å². The fourth-order valence-corrected chi connectivity index (χ4v) is 4.21. The zero-order valence-corrected chi connectivity index (χ0v) is 18.2. The molecule has 2 amide bonds. The van der Waals surface area contributed by atoms with Crippen molar-refractivity contribution in [3.05, 3.63) is 76.7 Å². The molecule has 0 aliphatic carbocycles. The minimum atomic E-state index is -0.708. The highest BCUT2D eigenvalue weighted by molar-refractivity contribution is 5.95. The summed E-state index contributed by atoms with van der Waals surface area (Å²) in [4.78, 5) is 29.6. The van der Waals surface area contributed by atoms with E-state index in [0.29, 0.717) is 23.4 Å². The van der Waals surface area contributed by atoms with Gasteiger partial charge in [0, 0.05) is 44.1 Å². The third-order valence-electron chi connectivity index (χ3n) is 5.88. The normalized spacial score (nSPS) is 19.4. The number of halogens is 1. The van der Waals surface area contributed by atoms with Gasteiger partial charge >= 0.3 is 12.0 Å². The molecular weight excluding hydrogens is 411 g/mol. The average Bonchev–Trinajstić information content (AvgIpc) is 2.79. The number of anilines is 1. The van der Waals surface area contributed by atoms with Gasteiger partial charge in [-0.1, -0.05) is 24.3 Å². The van der Waals surface area contributed by atoms with Gasteiger partial charge in [0.1, 0.15) is 5.82 Å². The van der Waals surface area contributed by atoms with E-state index in [1.165, 1.54) is 30.5 Å². The van der Waals surface area contributed by atoms with Gasteiger partial charge in [0.25, 0.3) is 0 Å². The van der Waals surface area contributed by atoms with Gasteiger partial charge in [-0.2, -0.15) is 0 Å². The van der Waals surface area contributed by atoms with Crippen LogP contribution in [0, 0.1) is 12.7 Å². The van der Waals surface area contributed by atoms with Crippen LogP contribution in [0.15, 0.2) is 59.8 Å². The first-order valence-electron chi connectivity index (χ1n) is 10.6. The number of aryl methyl sites for hydroxylation is 1. The second-order valence-corrected chi connectivity index (χ2v) is 8.07. The maximum absolute atomic E-state index is 13.4. The van der Waals surface area contributed by atoms with Crippen molar-refractivity contribution < 1.29 is 18.7 Å². The molecule has 2 aliphatic heterocycles. The van der Waals surface area contributed by atoms with E-state index >= 15 is 0 Å². The van der Waals surface area contributed by atoms with Gasteiger partial charge in [-0.15, -0.1) is 0 Å². The van der Waals surface area contributed by atoms with Gasteiger partial charge in [-0.05, 0) is 42.3 Å². The summed E-state index contributed by atoms with van der Waals surface area (Å²) in [6.07, 6.45) is 0. The van der Waals surface area contributed by atoms with Crippen LogP contribution in [0.3, 0.4) is 0 Å².